The highest BCUT2D eigenvalue weighted by Crippen LogP contribution is 2.28. The topological polar surface area (TPSA) is 0 Å². The number of benzene rings is 3. The smallest absolute Gasteiger partial charge is 0.0406 e. The van der Waals surface area contributed by atoms with Crippen LogP contribution >= 0.6 is 11.6 Å². The van der Waals surface area contributed by atoms with Crippen molar-refractivity contribution in [1.29, 1.82) is 0 Å². The van der Waals surface area contributed by atoms with Gasteiger partial charge in [0.05, 0.1) is 0 Å². The Bertz CT molecular complexity index is 1230. The molecule has 2 aliphatic carbocycles. The van der Waals surface area contributed by atoms with E-state index in [9.17, 15) is 0 Å². The molecule has 27 heavy (non-hydrogen) atoms. The van der Waals surface area contributed by atoms with Gasteiger partial charge in [0.2, 0.25) is 0 Å². The summed E-state index contributed by atoms with van der Waals surface area (Å²) in [4.78, 5) is 0. The summed E-state index contributed by atoms with van der Waals surface area (Å²) in [7, 11) is 0. The number of hydrogen-bond acceptors (Lipinski definition) is 0. The maximum atomic E-state index is 6.06. The Hall–Kier alpha value is -2.31. The second-order valence-electron chi connectivity index (χ2n) is 8.00. The van der Waals surface area contributed by atoms with Gasteiger partial charge in [-0.25, -0.2) is 0 Å². The Morgan fingerprint density at radius 3 is 2.44 bits per heavy atom. The summed E-state index contributed by atoms with van der Waals surface area (Å²) >= 11 is 6.06. The molecule has 0 amide bonds. The SMILES string of the molecule is CC1=c2ccc3c(c2CC(Cc2ccc(Cl)cc2)C1)CC=c1ccccc1=3. The fourth-order valence-corrected chi connectivity index (χ4v) is 5.07. The number of halogens is 1. The molecule has 134 valence electrons. The van der Waals surface area contributed by atoms with E-state index in [1.54, 1.807) is 11.1 Å². The first kappa shape index (κ1) is 16.8. The van der Waals surface area contributed by atoms with Gasteiger partial charge in [-0.2, -0.15) is 0 Å². The minimum atomic E-state index is 0.669. The highest BCUT2D eigenvalue weighted by Gasteiger charge is 2.21. The second-order valence-corrected chi connectivity index (χ2v) is 8.43. The van der Waals surface area contributed by atoms with Crippen LogP contribution in [0.1, 0.15) is 30.0 Å². The minimum absolute atomic E-state index is 0.669. The predicted molar refractivity (Wildman–Crippen MR) is 114 cm³/mol. The summed E-state index contributed by atoms with van der Waals surface area (Å²) in [6.45, 7) is 2.32. The summed E-state index contributed by atoms with van der Waals surface area (Å²) in [5, 5.41) is 6.51. The fourth-order valence-electron chi connectivity index (χ4n) is 4.95. The first-order valence-electron chi connectivity index (χ1n) is 9.83. The van der Waals surface area contributed by atoms with Crippen LogP contribution in [0.4, 0.5) is 0 Å². The monoisotopic (exact) mass is 370 g/mol. The molecule has 0 N–H and O–H groups in total. The van der Waals surface area contributed by atoms with Crippen LogP contribution in [0, 0.1) is 16.4 Å². The van der Waals surface area contributed by atoms with E-state index in [2.05, 4.69) is 61.5 Å². The van der Waals surface area contributed by atoms with Gasteiger partial charge in [-0.1, -0.05) is 71.8 Å². The Morgan fingerprint density at radius 1 is 0.815 bits per heavy atom. The lowest BCUT2D eigenvalue weighted by molar-refractivity contribution is 0.519. The molecule has 0 saturated heterocycles. The van der Waals surface area contributed by atoms with Crippen molar-refractivity contribution in [2.75, 3.05) is 0 Å². The maximum Gasteiger partial charge on any atom is 0.0406 e. The normalized spacial score (nSPS) is 17.6. The molecule has 5 rings (SSSR count). The molecule has 0 nitrogen and oxygen atoms in total. The Labute approximate surface area is 165 Å². The van der Waals surface area contributed by atoms with E-state index in [1.807, 2.05) is 12.1 Å². The third kappa shape index (κ3) is 3.03. The Balaban J connectivity index is 1.61. The molecule has 0 aliphatic heterocycles. The van der Waals surface area contributed by atoms with Crippen molar-refractivity contribution in [1.82, 2.24) is 0 Å². The molecule has 0 spiro atoms. The molecule has 1 unspecified atom stereocenters. The van der Waals surface area contributed by atoms with Crippen LogP contribution in [0.5, 0.6) is 0 Å². The zero-order chi connectivity index (χ0) is 18.4. The molecular formula is C26H23Cl. The van der Waals surface area contributed by atoms with E-state index >= 15 is 0 Å². The highest BCUT2D eigenvalue weighted by atomic mass is 35.5. The van der Waals surface area contributed by atoms with Gasteiger partial charge in [-0.15, -0.1) is 0 Å². The average Bonchev–Trinajstić information content (AvgIpc) is 2.69. The van der Waals surface area contributed by atoms with E-state index in [1.165, 1.54) is 44.9 Å². The summed E-state index contributed by atoms with van der Waals surface area (Å²) < 4.78 is 0. The van der Waals surface area contributed by atoms with Gasteiger partial charge in [0.1, 0.15) is 0 Å². The number of hydrogen-bond donors (Lipinski definition) is 0. The molecule has 0 bridgehead atoms. The third-order valence-electron chi connectivity index (χ3n) is 6.19. The van der Waals surface area contributed by atoms with Crippen LogP contribution < -0.4 is 10.4 Å². The van der Waals surface area contributed by atoms with Crippen LogP contribution in [0.15, 0.2) is 60.7 Å². The second kappa shape index (κ2) is 6.69. The average molecular weight is 371 g/mol. The van der Waals surface area contributed by atoms with Crippen LogP contribution in [-0.4, -0.2) is 0 Å². The lowest BCUT2D eigenvalue weighted by Gasteiger charge is -2.26. The van der Waals surface area contributed by atoms with Crippen LogP contribution in [-0.2, 0) is 19.3 Å². The summed E-state index contributed by atoms with van der Waals surface area (Å²) in [5.74, 6) is 0.669. The van der Waals surface area contributed by atoms with E-state index in [4.69, 9.17) is 11.6 Å². The largest absolute Gasteiger partial charge is 0.0843 e. The molecule has 0 radical (unpaired) electrons. The lowest BCUT2D eigenvalue weighted by Crippen LogP contribution is -2.27. The van der Waals surface area contributed by atoms with Crippen LogP contribution in [0.25, 0.3) is 11.6 Å². The lowest BCUT2D eigenvalue weighted by atomic mass is 9.79. The van der Waals surface area contributed by atoms with Crippen molar-refractivity contribution in [3.63, 3.8) is 0 Å². The fraction of sp³-hybridized carbons (Fsp3) is 0.231. The molecule has 1 atom stereocenters. The van der Waals surface area contributed by atoms with E-state index in [0.717, 1.165) is 17.9 Å². The number of fused-ring (bicyclic) bond motifs is 4. The zero-order valence-electron chi connectivity index (χ0n) is 15.6. The Kier molecular flexibility index (Phi) is 4.17. The summed E-state index contributed by atoms with van der Waals surface area (Å²) in [5.41, 5.74) is 6.06. The molecule has 0 aromatic heterocycles. The molecule has 2 aliphatic rings. The summed E-state index contributed by atoms with van der Waals surface area (Å²) in [6.07, 6.45) is 6.94. The van der Waals surface area contributed by atoms with Crippen molar-refractivity contribution < 1.29 is 0 Å². The van der Waals surface area contributed by atoms with Crippen LogP contribution in [0.3, 0.4) is 0 Å². The molecule has 1 heteroatoms. The van der Waals surface area contributed by atoms with Crippen molar-refractivity contribution in [2.45, 2.75) is 32.6 Å². The molecule has 0 fully saturated rings. The van der Waals surface area contributed by atoms with Gasteiger partial charge in [-0.3, -0.25) is 0 Å². The summed E-state index contributed by atoms with van der Waals surface area (Å²) in [6, 6.07) is 21.9. The van der Waals surface area contributed by atoms with E-state index < -0.39 is 0 Å². The van der Waals surface area contributed by atoms with Gasteiger partial charge in [0.15, 0.2) is 0 Å². The maximum absolute atomic E-state index is 6.06. The first-order chi connectivity index (χ1) is 13.2. The van der Waals surface area contributed by atoms with Crippen molar-refractivity contribution in [2.24, 2.45) is 5.92 Å². The quantitative estimate of drug-likeness (QED) is 0.599. The van der Waals surface area contributed by atoms with Gasteiger partial charge >= 0.3 is 0 Å². The number of rotatable bonds is 2. The molecule has 0 heterocycles. The third-order valence-corrected chi connectivity index (χ3v) is 6.45. The van der Waals surface area contributed by atoms with Gasteiger partial charge in [0.25, 0.3) is 0 Å². The standard InChI is InChI=1S/C26H23Cl/c1-17-14-19(15-18-6-9-21(27)10-7-18)16-26-22(17)12-13-24-23-5-3-2-4-20(23)8-11-25(24)26/h2-10,12-13,19H,11,14-16H2,1H3. The molecule has 3 aromatic rings. The van der Waals surface area contributed by atoms with Crippen LogP contribution in [0.2, 0.25) is 5.02 Å². The first-order valence-corrected chi connectivity index (χ1v) is 10.2. The van der Waals surface area contributed by atoms with Gasteiger partial charge < -0.3 is 0 Å². The molecule has 0 saturated carbocycles. The predicted octanol–water partition coefficient (Wildman–Crippen LogP) is 4.94. The van der Waals surface area contributed by atoms with Crippen molar-refractivity contribution in [3.05, 3.63) is 103 Å². The van der Waals surface area contributed by atoms with E-state index in [-0.39, 0.29) is 0 Å². The van der Waals surface area contributed by atoms with Crippen molar-refractivity contribution in [3.8, 4) is 0 Å². The van der Waals surface area contributed by atoms with Gasteiger partial charge in [-0.05, 0) is 88.2 Å². The minimum Gasteiger partial charge on any atom is -0.0843 e. The zero-order valence-corrected chi connectivity index (χ0v) is 16.4. The molecule has 3 aromatic carbocycles. The van der Waals surface area contributed by atoms with Gasteiger partial charge in [0, 0.05) is 5.02 Å². The van der Waals surface area contributed by atoms with Crippen molar-refractivity contribution >= 4 is 23.3 Å². The molecular weight excluding hydrogens is 348 g/mol. The Morgan fingerprint density at radius 2 is 1.59 bits per heavy atom. The van der Waals surface area contributed by atoms with E-state index in [0.29, 0.717) is 5.92 Å². The highest BCUT2D eigenvalue weighted by molar-refractivity contribution is 6.30.